The predicted octanol–water partition coefficient (Wildman–Crippen LogP) is 6.69. The van der Waals surface area contributed by atoms with Crippen LogP contribution < -0.4 is 0 Å². The quantitative estimate of drug-likeness (QED) is 0.218. The molecule has 0 fully saturated rings. The Hall–Kier alpha value is 0.0649. The SMILES string of the molecule is BC(C)CCCCCCCCCCCCCCCCC. The van der Waals surface area contributed by atoms with Crippen LogP contribution in [0.25, 0.3) is 0 Å². The number of unbranched alkanes of at least 4 members (excludes halogenated alkanes) is 14. The molecule has 120 valence electrons. The average Bonchev–Trinajstić information content (AvgIpc) is 2.43. The molecule has 0 amide bonds. The molecule has 0 N–H and O–H groups in total. The molecule has 0 aromatic carbocycles. The number of rotatable bonds is 16. The summed E-state index contributed by atoms with van der Waals surface area (Å²) in [6.07, 6.45) is 23.5. The Morgan fingerprint density at radius 3 is 1.15 bits per heavy atom. The van der Waals surface area contributed by atoms with Gasteiger partial charge in [-0.1, -0.05) is 122 Å². The van der Waals surface area contributed by atoms with Gasteiger partial charge in [-0.2, -0.15) is 0 Å². The standard InChI is InChI=1S/C19H41B/c1-3-4-5-6-7-8-9-10-11-12-13-14-15-16-17-18-19(2)20/h19H,3-18,20H2,1-2H3. The van der Waals surface area contributed by atoms with Crippen molar-refractivity contribution in [3.63, 3.8) is 0 Å². The maximum absolute atomic E-state index is 2.34. The summed E-state index contributed by atoms with van der Waals surface area (Å²) >= 11 is 0. The van der Waals surface area contributed by atoms with Gasteiger partial charge >= 0.3 is 0 Å². The Morgan fingerprint density at radius 2 is 0.850 bits per heavy atom. The van der Waals surface area contributed by atoms with Gasteiger partial charge in [0.25, 0.3) is 0 Å². The number of hydrogen-bond donors (Lipinski definition) is 0. The summed E-state index contributed by atoms with van der Waals surface area (Å²) in [6, 6.07) is 0. The third-order valence-electron chi connectivity index (χ3n) is 4.39. The lowest BCUT2D eigenvalue weighted by Crippen LogP contribution is -1.86. The van der Waals surface area contributed by atoms with Gasteiger partial charge in [0, 0.05) is 0 Å². The Labute approximate surface area is 130 Å². The molecule has 0 radical (unpaired) electrons. The minimum Gasteiger partial charge on any atom is -0.0725 e. The van der Waals surface area contributed by atoms with Crippen LogP contribution in [-0.2, 0) is 0 Å². The van der Waals surface area contributed by atoms with E-state index in [0.717, 1.165) is 5.82 Å². The van der Waals surface area contributed by atoms with E-state index >= 15 is 0 Å². The van der Waals surface area contributed by atoms with Crippen LogP contribution in [0.15, 0.2) is 0 Å². The normalized spacial score (nSPS) is 12.7. The molecule has 0 aliphatic rings. The first kappa shape index (κ1) is 20.1. The molecule has 1 heteroatoms. The molecule has 0 saturated heterocycles. The van der Waals surface area contributed by atoms with Gasteiger partial charge in [-0.05, 0) is 0 Å². The lowest BCUT2D eigenvalue weighted by atomic mass is 9.85. The largest absolute Gasteiger partial charge is 0.105 e. The molecule has 1 atom stereocenters. The summed E-state index contributed by atoms with van der Waals surface area (Å²) in [7, 11) is 2.34. The summed E-state index contributed by atoms with van der Waals surface area (Å²) in [6.45, 7) is 4.63. The summed E-state index contributed by atoms with van der Waals surface area (Å²) in [5, 5.41) is 0. The van der Waals surface area contributed by atoms with Crippen molar-refractivity contribution < 1.29 is 0 Å². The lowest BCUT2D eigenvalue weighted by Gasteiger charge is -2.04. The zero-order chi connectivity index (χ0) is 14.9. The van der Waals surface area contributed by atoms with Crippen LogP contribution in [0.5, 0.6) is 0 Å². The van der Waals surface area contributed by atoms with Gasteiger partial charge in [0.15, 0.2) is 0 Å². The van der Waals surface area contributed by atoms with E-state index in [1.165, 1.54) is 103 Å². The third kappa shape index (κ3) is 18.1. The van der Waals surface area contributed by atoms with Gasteiger partial charge in [0.05, 0.1) is 0 Å². The summed E-state index contributed by atoms with van der Waals surface area (Å²) in [4.78, 5) is 0. The van der Waals surface area contributed by atoms with Gasteiger partial charge in [-0.25, -0.2) is 0 Å². The van der Waals surface area contributed by atoms with Gasteiger partial charge < -0.3 is 0 Å². The average molecular weight is 280 g/mol. The van der Waals surface area contributed by atoms with Gasteiger partial charge in [-0.3, -0.25) is 0 Å². The fraction of sp³-hybridized carbons (Fsp3) is 1.00. The van der Waals surface area contributed by atoms with E-state index in [9.17, 15) is 0 Å². The molecule has 0 aliphatic carbocycles. The van der Waals surface area contributed by atoms with Crippen molar-refractivity contribution >= 4 is 7.85 Å². The Kier molecular flexibility index (Phi) is 17.2. The molecule has 0 heterocycles. The van der Waals surface area contributed by atoms with Crippen LogP contribution >= 0.6 is 0 Å². The van der Waals surface area contributed by atoms with Crippen molar-refractivity contribution in [1.82, 2.24) is 0 Å². The molecule has 0 bridgehead atoms. The molecule has 0 aliphatic heterocycles. The Morgan fingerprint density at radius 1 is 0.550 bits per heavy atom. The molecule has 0 nitrogen and oxygen atoms in total. The monoisotopic (exact) mass is 280 g/mol. The molecule has 1 unspecified atom stereocenters. The molecule has 0 aromatic heterocycles. The van der Waals surface area contributed by atoms with Crippen LogP contribution in [0.4, 0.5) is 0 Å². The highest BCUT2D eigenvalue weighted by molar-refractivity contribution is 6.11. The molecule has 0 spiro atoms. The van der Waals surface area contributed by atoms with Crippen molar-refractivity contribution in [2.45, 2.75) is 122 Å². The minimum absolute atomic E-state index is 0.900. The van der Waals surface area contributed by atoms with Crippen molar-refractivity contribution in [2.24, 2.45) is 0 Å². The van der Waals surface area contributed by atoms with Gasteiger partial charge in [0.1, 0.15) is 7.85 Å². The smallest absolute Gasteiger partial charge is 0.0725 e. The fourth-order valence-corrected chi connectivity index (χ4v) is 2.92. The molecular formula is C19H41B. The summed E-state index contributed by atoms with van der Waals surface area (Å²) in [5.41, 5.74) is 0. The van der Waals surface area contributed by atoms with E-state index in [-0.39, 0.29) is 0 Å². The maximum Gasteiger partial charge on any atom is 0.105 e. The molecular weight excluding hydrogens is 239 g/mol. The van der Waals surface area contributed by atoms with Gasteiger partial charge in [0.2, 0.25) is 0 Å². The second-order valence-electron chi connectivity index (χ2n) is 7.13. The first-order valence-corrected chi connectivity index (χ1v) is 9.77. The summed E-state index contributed by atoms with van der Waals surface area (Å²) < 4.78 is 0. The van der Waals surface area contributed by atoms with Crippen LogP contribution in [0.1, 0.15) is 117 Å². The van der Waals surface area contributed by atoms with Crippen molar-refractivity contribution in [1.29, 1.82) is 0 Å². The summed E-state index contributed by atoms with van der Waals surface area (Å²) in [5.74, 6) is 0.900. The molecule has 20 heavy (non-hydrogen) atoms. The van der Waals surface area contributed by atoms with Crippen LogP contribution in [0.3, 0.4) is 0 Å². The first-order valence-electron chi connectivity index (χ1n) is 9.77. The van der Waals surface area contributed by atoms with Gasteiger partial charge in [-0.15, -0.1) is 0 Å². The van der Waals surface area contributed by atoms with E-state index in [4.69, 9.17) is 0 Å². The fourth-order valence-electron chi connectivity index (χ4n) is 2.92. The Bertz CT molecular complexity index is 165. The first-order chi connectivity index (χ1) is 9.77. The van der Waals surface area contributed by atoms with Crippen molar-refractivity contribution in [2.75, 3.05) is 0 Å². The van der Waals surface area contributed by atoms with E-state index in [1.807, 2.05) is 0 Å². The van der Waals surface area contributed by atoms with Crippen molar-refractivity contribution in [3.05, 3.63) is 0 Å². The highest BCUT2D eigenvalue weighted by Crippen LogP contribution is 2.15. The number of hydrogen-bond acceptors (Lipinski definition) is 0. The Balaban J connectivity index is 2.92. The highest BCUT2D eigenvalue weighted by Gasteiger charge is 1.96. The van der Waals surface area contributed by atoms with Crippen LogP contribution in [0, 0.1) is 0 Å². The van der Waals surface area contributed by atoms with E-state index in [2.05, 4.69) is 21.7 Å². The van der Waals surface area contributed by atoms with Crippen LogP contribution in [0.2, 0.25) is 5.82 Å². The molecule has 0 aromatic rings. The molecule has 0 saturated carbocycles. The molecule has 0 rings (SSSR count). The lowest BCUT2D eigenvalue weighted by molar-refractivity contribution is 0.529. The highest BCUT2D eigenvalue weighted by atomic mass is 14.0. The minimum atomic E-state index is 0.900. The van der Waals surface area contributed by atoms with Crippen LogP contribution in [-0.4, -0.2) is 7.85 Å². The topological polar surface area (TPSA) is 0 Å². The third-order valence-corrected chi connectivity index (χ3v) is 4.39. The second kappa shape index (κ2) is 17.1. The van der Waals surface area contributed by atoms with Crippen molar-refractivity contribution in [3.8, 4) is 0 Å². The second-order valence-corrected chi connectivity index (χ2v) is 7.13. The zero-order valence-electron chi connectivity index (χ0n) is 14.9. The maximum atomic E-state index is 2.34. The van der Waals surface area contributed by atoms with E-state index in [0.29, 0.717) is 0 Å². The van der Waals surface area contributed by atoms with E-state index in [1.54, 1.807) is 0 Å². The zero-order valence-corrected chi connectivity index (χ0v) is 14.9. The predicted molar refractivity (Wildman–Crippen MR) is 97.5 cm³/mol. The van der Waals surface area contributed by atoms with E-state index < -0.39 is 0 Å².